The van der Waals surface area contributed by atoms with Gasteiger partial charge in [-0.2, -0.15) is 0 Å². The maximum atomic E-state index is 12.7. The van der Waals surface area contributed by atoms with Crippen LogP contribution >= 0.6 is 0 Å². The van der Waals surface area contributed by atoms with Crippen LogP contribution in [0.15, 0.2) is 48.5 Å². The first-order valence-corrected chi connectivity index (χ1v) is 9.76. The number of anilines is 1. The number of methoxy groups -OCH3 is 2. The lowest BCUT2D eigenvalue weighted by molar-refractivity contribution is -0.151. The van der Waals surface area contributed by atoms with Gasteiger partial charge in [0.15, 0.2) is 6.61 Å². The van der Waals surface area contributed by atoms with Crippen LogP contribution in [-0.4, -0.2) is 56.1 Å². The second-order valence-electron chi connectivity index (χ2n) is 6.91. The summed E-state index contributed by atoms with van der Waals surface area (Å²) in [4.78, 5) is 49.3. The van der Waals surface area contributed by atoms with Crippen LogP contribution in [0.2, 0.25) is 0 Å². The minimum absolute atomic E-state index is 0.0822. The van der Waals surface area contributed by atoms with Crippen molar-refractivity contribution in [1.82, 2.24) is 10.4 Å². The third kappa shape index (κ3) is 5.34. The van der Waals surface area contributed by atoms with Crippen molar-refractivity contribution in [3.8, 4) is 11.5 Å². The highest BCUT2D eigenvalue weighted by molar-refractivity contribution is 6.01. The van der Waals surface area contributed by atoms with Crippen molar-refractivity contribution in [3.05, 3.63) is 54.1 Å². The molecule has 0 radical (unpaired) electrons. The molecule has 3 amide bonds. The van der Waals surface area contributed by atoms with Crippen LogP contribution < -0.4 is 20.2 Å². The van der Waals surface area contributed by atoms with Crippen molar-refractivity contribution in [2.45, 2.75) is 6.42 Å². The first kappa shape index (κ1) is 22.6. The molecule has 0 saturated carbocycles. The summed E-state index contributed by atoms with van der Waals surface area (Å²) < 4.78 is 15.4. The quantitative estimate of drug-likeness (QED) is 0.593. The minimum Gasteiger partial charge on any atom is -0.496 e. The summed E-state index contributed by atoms with van der Waals surface area (Å²) in [6.07, 6.45) is -0.150. The van der Waals surface area contributed by atoms with Crippen molar-refractivity contribution < 1.29 is 33.4 Å². The van der Waals surface area contributed by atoms with E-state index >= 15 is 0 Å². The highest BCUT2D eigenvalue weighted by Crippen LogP contribution is 2.28. The number of nitrogens with one attached hydrogen (secondary N) is 2. The molecule has 1 aliphatic rings. The summed E-state index contributed by atoms with van der Waals surface area (Å²) in [6.45, 7) is -0.565. The van der Waals surface area contributed by atoms with Crippen LogP contribution in [0, 0.1) is 5.92 Å². The predicted molar refractivity (Wildman–Crippen MR) is 113 cm³/mol. The Morgan fingerprint density at radius 2 is 1.66 bits per heavy atom. The zero-order valence-corrected chi connectivity index (χ0v) is 17.6. The van der Waals surface area contributed by atoms with Crippen LogP contribution in [0.25, 0.3) is 0 Å². The topological polar surface area (TPSA) is 123 Å². The van der Waals surface area contributed by atoms with Gasteiger partial charge in [0.05, 0.1) is 26.7 Å². The third-order valence-electron chi connectivity index (χ3n) is 4.75. The van der Waals surface area contributed by atoms with Gasteiger partial charge in [0.25, 0.3) is 11.8 Å². The first-order chi connectivity index (χ1) is 15.4. The van der Waals surface area contributed by atoms with Gasteiger partial charge in [0.1, 0.15) is 17.1 Å². The van der Waals surface area contributed by atoms with E-state index in [9.17, 15) is 19.2 Å². The van der Waals surface area contributed by atoms with Gasteiger partial charge in [0.2, 0.25) is 5.91 Å². The highest BCUT2D eigenvalue weighted by atomic mass is 16.5. The Bertz CT molecular complexity index is 988. The normalized spacial score (nSPS) is 15.1. The SMILES string of the molecule is COc1cccc(OC)c1C(=O)NN1C[C@@H](C(=O)OCC(=O)Nc2ccccc2)CC1=O. The number of para-hydroxylation sites is 1. The summed E-state index contributed by atoms with van der Waals surface area (Å²) in [5, 5.41) is 3.64. The molecule has 1 atom stereocenters. The molecule has 3 rings (SSSR count). The number of carbonyl (C=O) groups is 4. The molecule has 32 heavy (non-hydrogen) atoms. The van der Waals surface area contributed by atoms with Gasteiger partial charge in [-0.3, -0.25) is 29.6 Å². The molecule has 0 spiro atoms. The van der Waals surface area contributed by atoms with Crippen LogP contribution in [0.4, 0.5) is 5.69 Å². The Morgan fingerprint density at radius 3 is 2.28 bits per heavy atom. The number of amides is 3. The van der Waals surface area contributed by atoms with Gasteiger partial charge in [-0.05, 0) is 24.3 Å². The zero-order chi connectivity index (χ0) is 23.1. The van der Waals surface area contributed by atoms with Crippen LogP contribution in [-0.2, 0) is 19.1 Å². The number of hydrogen-bond acceptors (Lipinski definition) is 7. The van der Waals surface area contributed by atoms with Crippen LogP contribution in [0.5, 0.6) is 11.5 Å². The number of hydrogen-bond donors (Lipinski definition) is 2. The Hall–Kier alpha value is -4.08. The standard InChI is InChI=1S/C22H23N3O7/c1-30-16-9-6-10-17(31-2)20(16)21(28)24-25-12-14(11-19(25)27)22(29)32-13-18(26)23-15-7-4-3-5-8-15/h3-10,14H,11-13H2,1-2H3,(H,23,26)(H,24,28)/t14-/m0/s1. The molecular weight excluding hydrogens is 418 g/mol. The lowest BCUT2D eigenvalue weighted by Gasteiger charge is -2.19. The van der Waals surface area contributed by atoms with Gasteiger partial charge < -0.3 is 19.5 Å². The minimum atomic E-state index is -0.813. The molecule has 2 aromatic rings. The summed E-state index contributed by atoms with van der Waals surface area (Å²) in [5.74, 6) is -2.54. The number of nitrogens with zero attached hydrogens (tertiary/aromatic N) is 1. The summed E-state index contributed by atoms with van der Waals surface area (Å²) in [7, 11) is 2.82. The second-order valence-corrected chi connectivity index (χ2v) is 6.91. The summed E-state index contributed by atoms with van der Waals surface area (Å²) >= 11 is 0. The largest absolute Gasteiger partial charge is 0.496 e. The van der Waals surface area contributed by atoms with E-state index in [1.807, 2.05) is 0 Å². The van der Waals surface area contributed by atoms with Crippen molar-refractivity contribution in [2.24, 2.45) is 5.92 Å². The van der Waals surface area contributed by atoms with Crippen molar-refractivity contribution in [1.29, 1.82) is 0 Å². The van der Waals surface area contributed by atoms with Crippen LogP contribution in [0.3, 0.4) is 0 Å². The smallest absolute Gasteiger partial charge is 0.311 e. The van der Waals surface area contributed by atoms with Gasteiger partial charge in [-0.25, -0.2) is 0 Å². The molecular formula is C22H23N3O7. The van der Waals surface area contributed by atoms with Crippen LogP contribution in [0.1, 0.15) is 16.8 Å². The van der Waals surface area contributed by atoms with Crippen molar-refractivity contribution >= 4 is 29.4 Å². The van der Waals surface area contributed by atoms with E-state index in [0.29, 0.717) is 5.69 Å². The molecule has 1 aliphatic heterocycles. The Kier molecular flexibility index (Phi) is 7.27. The highest BCUT2D eigenvalue weighted by Gasteiger charge is 2.37. The van der Waals surface area contributed by atoms with Crippen molar-refractivity contribution in [2.75, 3.05) is 32.7 Å². The van der Waals surface area contributed by atoms with E-state index in [-0.39, 0.29) is 30.0 Å². The summed E-state index contributed by atoms with van der Waals surface area (Å²) in [6, 6.07) is 13.6. The average molecular weight is 441 g/mol. The molecule has 2 N–H and O–H groups in total. The van der Waals surface area contributed by atoms with Gasteiger partial charge in [-0.1, -0.05) is 24.3 Å². The van der Waals surface area contributed by atoms with Gasteiger partial charge >= 0.3 is 5.97 Å². The molecule has 0 bridgehead atoms. The lowest BCUT2D eigenvalue weighted by atomic mass is 10.1. The van der Waals surface area contributed by atoms with E-state index in [2.05, 4.69) is 10.7 Å². The molecule has 0 aliphatic carbocycles. The third-order valence-corrected chi connectivity index (χ3v) is 4.75. The number of hydrazine groups is 1. The maximum Gasteiger partial charge on any atom is 0.311 e. The van der Waals surface area contributed by atoms with E-state index < -0.39 is 36.2 Å². The zero-order valence-electron chi connectivity index (χ0n) is 17.6. The monoisotopic (exact) mass is 441 g/mol. The first-order valence-electron chi connectivity index (χ1n) is 9.76. The number of carbonyl (C=O) groups excluding carboxylic acids is 4. The molecule has 1 heterocycles. The fraction of sp³-hybridized carbons (Fsp3) is 0.273. The fourth-order valence-corrected chi connectivity index (χ4v) is 3.20. The molecule has 1 saturated heterocycles. The number of esters is 1. The fourth-order valence-electron chi connectivity index (χ4n) is 3.20. The number of benzene rings is 2. The van der Waals surface area contributed by atoms with E-state index in [1.165, 1.54) is 14.2 Å². The number of ether oxygens (including phenoxy) is 3. The summed E-state index contributed by atoms with van der Waals surface area (Å²) in [5.41, 5.74) is 3.17. The lowest BCUT2D eigenvalue weighted by Crippen LogP contribution is -2.43. The van der Waals surface area contributed by atoms with Gasteiger partial charge in [-0.15, -0.1) is 0 Å². The molecule has 2 aromatic carbocycles. The molecule has 0 unspecified atom stereocenters. The molecule has 1 fully saturated rings. The Labute approximate surface area is 184 Å². The molecule has 168 valence electrons. The van der Waals surface area contributed by atoms with E-state index in [0.717, 1.165) is 5.01 Å². The van der Waals surface area contributed by atoms with E-state index in [1.54, 1.807) is 48.5 Å². The molecule has 0 aromatic heterocycles. The van der Waals surface area contributed by atoms with Crippen molar-refractivity contribution in [3.63, 3.8) is 0 Å². The average Bonchev–Trinajstić information content (AvgIpc) is 3.17. The van der Waals surface area contributed by atoms with Gasteiger partial charge in [0, 0.05) is 12.1 Å². The predicted octanol–water partition coefficient (Wildman–Crippen LogP) is 1.38. The maximum absolute atomic E-state index is 12.7. The Balaban J connectivity index is 1.55. The Morgan fingerprint density at radius 1 is 1.00 bits per heavy atom. The van der Waals surface area contributed by atoms with E-state index in [4.69, 9.17) is 14.2 Å². The number of rotatable bonds is 8. The molecule has 10 heteroatoms. The second kappa shape index (κ2) is 10.3. The molecule has 10 nitrogen and oxygen atoms in total.